The molecule has 2 aromatic rings. The summed E-state index contributed by atoms with van der Waals surface area (Å²) in [5.41, 5.74) is 2.16. The number of anilines is 1. The Morgan fingerprint density at radius 1 is 1.09 bits per heavy atom. The summed E-state index contributed by atoms with van der Waals surface area (Å²) in [5.74, 6) is 2.49. The number of likely N-dealkylation sites (N-methyl/N-ethyl adjacent to an activating group) is 1. The highest BCUT2D eigenvalue weighted by Gasteiger charge is 2.31. The van der Waals surface area contributed by atoms with Gasteiger partial charge in [0.1, 0.15) is 11.6 Å². The Morgan fingerprint density at radius 2 is 1.81 bits per heavy atom. The Hall–Kier alpha value is -2.96. The highest BCUT2D eigenvalue weighted by atomic mass is 16.2. The minimum Gasteiger partial charge on any atom is -0.363 e. The van der Waals surface area contributed by atoms with Crippen LogP contribution in [0.4, 0.5) is 5.82 Å². The van der Waals surface area contributed by atoms with Crippen LogP contribution in [0.15, 0.2) is 36.4 Å². The van der Waals surface area contributed by atoms with E-state index in [-0.39, 0.29) is 23.7 Å². The van der Waals surface area contributed by atoms with Crippen molar-refractivity contribution < 1.29 is 9.59 Å². The largest absolute Gasteiger partial charge is 0.363 e. The van der Waals surface area contributed by atoms with Gasteiger partial charge in [-0.2, -0.15) is 0 Å². The van der Waals surface area contributed by atoms with Crippen molar-refractivity contribution in [3.05, 3.63) is 53.5 Å². The minimum atomic E-state index is 0.118. The molecule has 1 aromatic carbocycles. The molecular weight excluding hydrogens is 402 g/mol. The van der Waals surface area contributed by atoms with Gasteiger partial charge in [-0.1, -0.05) is 30.3 Å². The number of carbonyl (C=O) groups excluding carboxylic acids is 2. The standard InChI is InChI=1S/C25H33N5O2/c1-28(2)22-16-21(20-15-24(32)29(3)17-20)26-25(27-22)19-11-13-30(14-12-19)23(31)10-9-18-7-5-4-6-8-18/h4-8,16,19-20H,9-15,17H2,1-3H3/t20-/m1/s1. The molecule has 0 radical (unpaired) electrons. The van der Waals surface area contributed by atoms with Crippen molar-refractivity contribution in [1.82, 2.24) is 19.8 Å². The molecule has 0 saturated carbocycles. The predicted molar refractivity (Wildman–Crippen MR) is 125 cm³/mol. The number of hydrogen-bond donors (Lipinski definition) is 0. The number of piperidine rings is 1. The Bertz CT molecular complexity index is 954. The van der Waals surface area contributed by atoms with Gasteiger partial charge < -0.3 is 14.7 Å². The molecule has 170 valence electrons. The van der Waals surface area contributed by atoms with Crippen LogP contribution in [0.25, 0.3) is 0 Å². The molecule has 2 aliphatic rings. The third-order valence-electron chi connectivity index (χ3n) is 6.65. The van der Waals surface area contributed by atoms with Gasteiger partial charge in [0.25, 0.3) is 0 Å². The van der Waals surface area contributed by atoms with Crippen molar-refractivity contribution in [1.29, 1.82) is 0 Å². The fraction of sp³-hybridized carbons (Fsp3) is 0.520. The van der Waals surface area contributed by atoms with Crippen molar-refractivity contribution in [2.24, 2.45) is 0 Å². The molecule has 0 aliphatic carbocycles. The molecule has 3 heterocycles. The number of aromatic nitrogens is 2. The molecule has 0 spiro atoms. The zero-order chi connectivity index (χ0) is 22.7. The molecule has 0 bridgehead atoms. The molecule has 2 aliphatic heterocycles. The molecule has 2 amide bonds. The number of aryl methyl sites for hydroxylation is 1. The van der Waals surface area contributed by atoms with Crippen LogP contribution in [-0.4, -0.2) is 72.4 Å². The van der Waals surface area contributed by atoms with Crippen LogP contribution < -0.4 is 4.90 Å². The molecule has 2 fully saturated rings. The van der Waals surface area contributed by atoms with Crippen LogP contribution in [0.2, 0.25) is 0 Å². The maximum absolute atomic E-state index is 12.7. The van der Waals surface area contributed by atoms with Gasteiger partial charge in [0.2, 0.25) is 11.8 Å². The van der Waals surface area contributed by atoms with E-state index in [1.807, 2.05) is 55.2 Å². The Labute approximate surface area is 190 Å². The van der Waals surface area contributed by atoms with Gasteiger partial charge in [0.05, 0.1) is 5.69 Å². The average Bonchev–Trinajstić information content (AvgIpc) is 3.16. The summed E-state index contributed by atoms with van der Waals surface area (Å²) < 4.78 is 0. The lowest BCUT2D eigenvalue weighted by Crippen LogP contribution is -2.38. The summed E-state index contributed by atoms with van der Waals surface area (Å²) in [6.45, 7) is 2.19. The normalized spacial score (nSPS) is 19.5. The lowest BCUT2D eigenvalue weighted by atomic mass is 9.94. The number of hydrogen-bond acceptors (Lipinski definition) is 5. The van der Waals surface area contributed by atoms with Gasteiger partial charge in [-0.15, -0.1) is 0 Å². The summed E-state index contributed by atoms with van der Waals surface area (Å²) in [5, 5.41) is 0. The summed E-state index contributed by atoms with van der Waals surface area (Å²) >= 11 is 0. The average molecular weight is 436 g/mol. The molecule has 0 unspecified atom stereocenters. The van der Waals surface area contributed by atoms with Crippen LogP contribution >= 0.6 is 0 Å². The van der Waals surface area contributed by atoms with Crippen LogP contribution in [0.5, 0.6) is 0 Å². The van der Waals surface area contributed by atoms with E-state index >= 15 is 0 Å². The van der Waals surface area contributed by atoms with Crippen molar-refractivity contribution in [2.45, 2.75) is 43.9 Å². The first-order chi connectivity index (χ1) is 15.4. The van der Waals surface area contributed by atoms with E-state index in [0.717, 1.165) is 49.7 Å². The predicted octanol–water partition coefficient (Wildman–Crippen LogP) is 2.83. The lowest BCUT2D eigenvalue weighted by Gasteiger charge is -2.32. The smallest absolute Gasteiger partial charge is 0.223 e. The maximum Gasteiger partial charge on any atom is 0.223 e. The highest BCUT2D eigenvalue weighted by molar-refractivity contribution is 5.79. The lowest BCUT2D eigenvalue weighted by molar-refractivity contribution is -0.132. The van der Waals surface area contributed by atoms with E-state index in [2.05, 4.69) is 12.1 Å². The summed E-state index contributed by atoms with van der Waals surface area (Å²) in [6, 6.07) is 12.2. The molecule has 7 nitrogen and oxygen atoms in total. The van der Waals surface area contributed by atoms with Gasteiger partial charge >= 0.3 is 0 Å². The number of benzene rings is 1. The molecule has 1 aromatic heterocycles. The van der Waals surface area contributed by atoms with E-state index in [1.54, 1.807) is 4.90 Å². The summed E-state index contributed by atoms with van der Waals surface area (Å²) in [4.78, 5) is 40.2. The van der Waals surface area contributed by atoms with E-state index in [0.29, 0.717) is 19.4 Å². The Balaban J connectivity index is 1.40. The van der Waals surface area contributed by atoms with E-state index in [9.17, 15) is 9.59 Å². The summed E-state index contributed by atoms with van der Waals surface area (Å²) in [6.07, 6.45) is 3.59. The van der Waals surface area contributed by atoms with Crippen molar-refractivity contribution in [3.63, 3.8) is 0 Å². The van der Waals surface area contributed by atoms with Gasteiger partial charge in [0.15, 0.2) is 0 Å². The van der Waals surface area contributed by atoms with Crippen molar-refractivity contribution in [2.75, 3.05) is 45.7 Å². The van der Waals surface area contributed by atoms with Crippen LogP contribution in [0.3, 0.4) is 0 Å². The maximum atomic E-state index is 12.7. The molecule has 7 heteroatoms. The number of carbonyl (C=O) groups is 2. The zero-order valence-electron chi connectivity index (χ0n) is 19.3. The molecule has 32 heavy (non-hydrogen) atoms. The highest BCUT2D eigenvalue weighted by Crippen LogP contribution is 2.32. The minimum absolute atomic E-state index is 0.118. The number of nitrogens with zero attached hydrogens (tertiary/aromatic N) is 5. The van der Waals surface area contributed by atoms with Crippen molar-refractivity contribution >= 4 is 17.6 Å². The third kappa shape index (κ3) is 5.09. The zero-order valence-corrected chi connectivity index (χ0v) is 19.3. The van der Waals surface area contributed by atoms with Crippen LogP contribution in [0, 0.1) is 0 Å². The topological polar surface area (TPSA) is 69.6 Å². The number of likely N-dealkylation sites (tertiary alicyclic amines) is 2. The molecule has 0 N–H and O–H groups in total. The molecule has 1 atom stereocenters. The second-order valence-corrected chi connectivity index (χ2v) is 9.22. The van der Waals surface area contributed by atoms with Gasteiger partial charge in [-0.3, -0.25) is 9.59 Å². The summed E-state index contributed by atoms with van der Waals surface area (Å²) in [7, 11) is 5.81. The number of rotatable bonds is 6. The quantitative estimate of drug-likeness (QED) is 0.698. The van der Waals surface area contributed by atoms with Crippen molar-refractivity contribution in [3.8, 4) is 0 Å². The van der Waals surface area contributed by atoms with E-state index in [1.165, 1.54) is 5.56 Å². The van der Waals surface area contributed by atoms with E-state index in [4.69, 9.17) is 9.97 Å². The van der Waals surface area contributed by atoms with Gasteiger partial charge in [-0.25, -0.2) is 9.97 Å². The van der Waals surface area contributed by atoms with E-state index < -0.39 is 0 Å². The molecular formula is C25H33N5O2. The fourth-order valence-electron chi connectivity index (χ4n) is 4.60. The molecule has 4 rings (SSSR count). The second-order valence-electron chi connectivity index (χ2n) is 9.22. The first kappa shape index (κ1) is 22.2. The Kier molecular flexibility index (Phi) is 6.72. The van der Waals surface area contributed by atoms with Crippen LogP contribution in [0.1, 0.15) is 54.6 Å². The third-order valence-corrected chi connectivity index (χ3v) is 6.65. The van der Waals surface area contributed by atoms with Gasteiger partial charge in [0, 0.05) is 71.5 Å². The first-order valence-corrected chi connectivity index (χ1v) is 11.5. The van der Waals surface area contributed by atoms with Crippen LogP contribution in [-0.2, 0) is 16.0 Å². The monoisotopic (exact) mass is 435 g/mol. The molecule has 2 saturated heterocycles. The second kappa shape index (κ2) is 9.67. The van der Waals surface area contributed by atoms with Gasteiger partial charge in [-0.05, 0) is 24.8 Å². The Morgan fingerprint density at radius 3 is 2.44 bits per heavy atom. The number of amides is 2. The SMILES string of the molecule is CN1C[C@H](c2cc(N(C)C)nc(C3CCN(C(=O)CCc4ccccc4)CC3)n2)CC1=O. The first-order valence-electron chi connectivity index (χ1n) is 11.5. The fourth-order valence-corrected chi connectivity index (χ4v) is 4.60.